The molecule has 0 radical (unpaired) electrons. The minimum absolute atomic E-state index is 0. The Morgan fingerprint density at radius 3 is 2.07 bits per heavy atom. The third-order valence-electron chi connectivity index (χ3n) is 4.92. The number of rotatable bonds is 13. The van der Waals surface area contributed by atoms with E-state index in [0.717, 1.165) is 24.8 Å². The molecule has 2 aromatic carbocycles. The first-order chi connectivity index (χ1) is 13.9. The van der Waals surface area contributed by atoms with Gasteiger partial charge in [0.25, 0.3) is 10.1 Å². The molecule has 0 saturated heterocycles. The summed E-state index contributed by atoms with van der Waals surface area (Å²) in [5, 5.41) is 12.3. The van der Waals surface area contributed by atoms with Crippen molar-refractivity contribution >= 4 is 10.1 Å². The van der Waals surface area contributed by atoms with Crippen LogP contribution in [0.1, 0.15) is 70.3 Å². The molecule has 0 spiro atoms. The van der Waals surface area contributed by atoms with Crippen LogP contribution in [-0.4, -0.2) is 13.0 Å². The van der Waals surface area contributed by atoms with Crippen LogP contribution in [-0.2, 0) is 16.5 Å². The molecule has 160 valence electrons. The second kappa shape index (κ2) is 14.1. The first-order valence-electron chi connectivity index (χ1n) is 10.5. The van der Waals surface area contributed by atoms with Gasteiger partial charge in [-0.2, -0.15) is 8.42 Å². The molecule has 0 fully saturated rings. The molecule has 0 aliphatic heterocycles. The number of benzene rings is 2. The Labute approximate surface area is 202 Å². The zero-order valence-corrected chi connectivity index (χ0v) is 20.9. The van der Waals surface area contributed by atoms with E-state index in [4.69, 9.17) is 4.74 Å². The molecule has 0 saturated carbocycles. The molecule has 0 heterocycles. The number of hydrogen-bond donors (Lipinski definition) is 1. The molecule has 5 nitrogen and oxygen atoms in total. The number of ether oxygens (including phenoxy) is 1. The average molecular weight is 443 g/mol. The van der Waals surface area contributed by atoms with Crippen molar-refractivity contribution in [2.75, 3.05) is 0 Å². The number of unbranched alkanes of at least 4 members (excludes halogenated alkanes) is 8. The number of hydrogen-bond acceptors (Lipinski definition) is 4. The molecule has 0 aliphatic carbocycles. The maximum Gasteiger partial charge on any atom is 1.00 e. The zero-order valence-electron chi connectivity index (χ0n) is 18.1. The monoisotopic (exact) mass is 442 g/mol. The van der Waals surface area contributed by atoms with Gasteiger partial charge in [0, 0.05) is 0 Å². The fourth-order valence-electron chi connectivity index (χ4n) is 3.30. The van der Waals surface area contributed by atoms with E-state index in [1.54, 1.807) is 12.1 Å². The van der Waals surface area contributed by atoms with E-state index < -0.39 is 10.1 Å². The smallest absolute Gasteiger partial charge is 0.870 e. The van der Waals surface area contributed by atoms with Gasteiger partial charge in [-0.15, -0.1) is 0 Å². The Bertz CT molecular complexity index is 868. The number of aryl methyl sites for hydroxylation is 1. The van der Waals surface area contributed by atoms with Crippen LogP contribution in [0.5, 0.6) is 17.2 Å². The molecule has 2 rings (SSSR count). The van der Waals surface area contributed by atoms with Crippen LogP contribution in [0.4, 0.5) is 0 Å². The van der Waals surface area contributed by atoms with Crippen molar-refractivity contribution in [1.29, 1.82) is 0 Å². The Hall–Kier alpha value is -1.05. The summed E-state index contributed by atoms with van der Waals surface area (Å²) >= 11 is 0. The summed E-state index contributed by atoms with van der Waals surface area (Å²) in [5.74, 6) is -0.334. The van der Waals surface area contributed by atoms with Gasteiger partial charge in [-0.25, -0.2) is 0 Å². The van der Waals surface area contributed by atoms with Gasteiger partial charge in [-0.1, -0.05) is 88.3 Å². The van der Waals surface area contributed by atoms with Gasteiger partial charge in [0.1, 0.15) is 16.4 Å². The van der Waals surface area contributed by atoms with E-state index >= 15 is 0 Å². The van der Waals surface area contributed by atoms with Crippen LogP contribution in [0.15, 0.2) is 47.4 Å². The first-order valence-corrected chi connectivity index (χ1v) is 11.9. The second-order valence-electron chi connectivity index (χ2n) is 7.38. The summed E-state index contributed by atoms with van der Waals surface area (Å²) in [6.07, 6.45) is 12.1. The molecule has 2 aromatic rings. The maximum absolute atomic E-state index is 12.3. The Balaban J connectivity index is 0.00000450. The normalized spacial score (nSPS) is 11.1. The van der Waals surface area contributed by atoms with Gasteiger partial charge >= 0.3 is 29.6 Å². The summed E-state index contributed by atoms with van der Waals surface area (Å²) in [4.78, 5) is -0.363. The van der Waals surface area contributed by atoms with Crippen LogP contribution in [0.2, 0.25) is 0 Å². The molecule has 7 heteroatoms. The van der Waals surface area contributed by atoms with E-state index in [2.05, 4.69) is 6.92 Å². The first kappa shape index (κ1) is 27.0. The van der Waals surface area contributed by atoms with E-state index in [0.29, 0.717) is 0 Å². The summed E-state index contributed by atoms with van der Waals surface area (Å²) in [6.45, 7) is 2.23. The molecule has 30 heavy (non-hydrogen) atoms. The fraction of sp³-hybridized carbons (Fsp3) is 0.478. The van der Waals surface area contributed by atoms with Crippen LogP contribution in [0.3, 0.4) is 0 Å². The van der Waals surface area contributed by atoms with Crippen LogP contribution < -0.4 is 39.4 Å². The summed E-state index contributed by atoms with van der Waals surface area (Å²) < 4.78 is 37.6. The van der Waals surface area contributed by atoms with Crippen molar-refractivity contribution in [3.05, 3.63) is 48.0 Å². The predicted octanol–water partition coefficient (Wildman–Crippen LogP) is 2.88. The molecule has 0 atom stereocenters. The third kappa shape index (κ3) is 9.40. The standard InChI is InChI=1S/C23H32O5S.Na/c1-2-3-4-5-6-7-8-9-10-13-19-16-17-21(20(24)18-19)28-22-14-11-12-15-23(22)29(25,26)27;/h11-12,14-18,24H,2-10,13H2,1H3,(H,25,26,27);/q;+1/p-1. The molecular formula is C23H31NaO5S. The van der Waals surface area contributed by atoms with Gasteiger partial charge < -0.3 is 9.84 Å². The van der Waals surface area contributed by atoms with E-state index in [9.17, 15) is 18.1 Å². The summed E-state index contributed by atoms with van der Waals surface area (Å²) in [5.41, 5.74) is 0.952. The predicted molar refractivity (Wildman–Crippen MR) is 113 cm³/mol. The third-order valence-corrected chi connectivity index (χ3v) is 5.82. The minimum atomic E-state index is -4.43. The average Bonchev–Trinajstić information content (AvgIpc) is 2.68. The zero-order chi connectivity index (χ0) is 21.1. The van der Waals surface area contributed by atoms with E-state index in [1.165, 1.54) is 69.2 Å². The van der Waals surface area contributed by atoms with E-state index in [1.807, 2.05) is 6.07 Å². The Kier molecular flexibility index (Phi) is 12.7. The molecular weight excluding hydrogens is 411 g/mol. The summed E-state index contributed by atoms with van der Waals surface area (Å²) in [6, 6.07) is 10.6. The summed E-state index contributed by atoms with van der Waals surface area (Å²) in [7, 11) is -4.43. The van der Waals surface area contributed by atoms with Gasteiger partial charge in [0.2, 0.25) is 0 Å². The van der Waals surface area contributed by atoms with Crippen molar-refractivity contribution in [3.63, 3.8) is 0 Å². The quantitative estimate of drug-likeness (QED) is 0.293. The molecule has 0 bridgehead atoms. The molecule has 0 amide bonds. The van der Waals surface area contributed by atoms with Crippen molar-refractivity contribution < 1.29 is 52.4 Å². The Morgan fingerprint density at radius 2 is 1.47 bits per heavy atom. The minimum Gasteiger partial charge on any atom is -0.870 e. The van der Waals surface area contributed by atoms with Gasteiger partial charge in [-0.05, 0) is 36.6 Å². The largest absolute Gasteiger partial charge is 1.00 e. The van der Waals surface area contributed by atoms with Crippen molar-refractivity contribution in [3.8, 4) is 17.2 Å². The van der Waals surface area contributed by atoms with Gasteiger partial charge in [0.05, 0.1) is 0 Å². The van der Waals surface area contributed by atoms with Gasteiger partial charge in [0.15, 0.2) is 0 Å². The molecule has 0 aliphatic rings. The fourth-order valence-corrected chi connectivity index (χ4v) is 3.91. The topological polar surface area (TPSA) is 86.7 Å². The molecule has 0 unspecified atom stereocenters. The number of para-hydroxylation sites is 1. The van der Waals surface area contributed by atoms with Crippen LogP contribution in [0, 0.1) is 0 Å². The SMILES string of the molecule is CCCCCCCCCCCc1ccc(Oc2ccccc2S(=O)(=O)O)c([O-])c1.[Na+]. The molecule has 1 N–H and O–H groups in total. The molecule has 0 aromatic heterocycles. The Morgan fingerprint density at radius 1 is 0.867 bits per heavy atom. The van der Waals surface area contributed by atoms with Crippen molar-refractivity contribution in [1.82, 2.24) is 0 Å². The van der Waals surface area contributed by atoms with Crippen molar-refractivity contribution in [2.45, 2.75) is 76.0 Å². The van der Waals surface area contributed by atoms with E-state index in [-0.39, 0.29) is 51.7 Å². The van der Waals surface area contributed by atoms with Crippen LogP contribution in [0.25, 0.3) is 0 Å². The van der Waals surface area contributed by atoms with Gasteiger partial charge in [-0.3, -0.25) is 4.55 Å². The second-order valence-corrected chi connectivity index (χ2v) is 8.77. The van der Waals surface area contributed by atoms with Crippen molar-refractivity contribution in [2.24, 2.45) is 0 Å². The van der Waals surface area contributed by atoms with Crippen LogP contribution >= 0.6 is 0 Å². The maximum atomic E-state index is 12.3.